The third kappa shape index (κ3) is 3.29. The molecule has 16 heavy (non-hydrogen) atoms. The van der Waals surface area contributed by atoms with Crippen molar-refractivity contribution in [3.63, 3.8) is 0 Å². The van der Waals surface area contributed by atoms with Crippen LogP contribution in [0.15, 0.2) is 13.6 Å². The number of thiophene rings is 1. The number of carboxylic acids is 1. The Labute approximate surface area is 115 Å². The first-order valence-electron chi connectivity index (χ1n) is 4.60. The molecule has 0 aliphatic carbocycles. The van der Waals surface area contributed by atoms with Crippen molar-refractivity contribution in [2.75, 3.05) is 0 Å². The van der Waals surface area contributed by atoms with Gasteiger partial charge in [-0.25, -0.2) is 0 Å². The third-order valence-electron chi connectivity index (χ3n) is 2.32. The summed E-state index contributed by atoms with van der Waals surface area (Å²) in [4.78, 5) is 10.9. The summed E-state index contributed by atoms with van der Waals surface area (Å²) in [5, 5.41) is 19.0. The van der Waals surface area contributed by atoms with Crippen molar-refractivity contribution in [3.05, 3.63) is 19.2 Å². The normalized spacial score (nSPS) is 13.8. The Morgan fingerprint density at radius 2 is 2.12 bits per heavy atom. The van der Waals surface area contributed by atoms with Crippen molar-refractivity contribution >= 4 is 49.2 Å². The largest absolute Gasteiger partial charge is 0.481 e. The van der Waals surface area contributed by atoms with Gasteiger partial charge in [0.2, 0.25) is 0 Å². The third-order valence-corrected chi connectivity index (χ3v) is 4.71. The van der Waals surface area contributed by atoms with Crippen LogP contribution in [0.2, 0.25) is 0 Å². The van der Waals surface area contributed by atoms with E-state index in [0.717, 1.165) is 13.1 Å². The minimum atomic E-state index is -0.937. The summed E-state index contributed by atoms with van der Waals surface area (Å²) in [6.07, 6.45) is -0.590. The number of aliphatic hydroxyl groups excluding tert-OH is 1. The van der Waals surface area contributed by atoms with Gasteiger partial charge >= 0.3 is 5.97 Å². The summed E-state index contributed by atoms with van der Waals surface area (Å²) in [6.45, 7) is 3.21. The lowest BCUT2D eigenvalue weighted by atomic mass is 9.85. The molecule has 0 amide bonds. The van der Waals surface area contributed by atoms with E-state index in [0.29, 0.717) is 0 Å². The summed E-state index contributed by atoms with van der Waals surface area (Å²) >= 11 is 8.12. The summed E-state index contributed by atoms with van der Waals surface area (Å²) < 4.78 is 1.73. The molecule has 0 aliphatic heterocycles. The average molecular weight is 372 g/mol. The van der Waals surface area contributed by atoms with Crippen LogP contribution >= 0.6 is 43.2 Å². The molecule has 6 heteroatoms. The molecule has 0 bridgehead atoms. The second kappa shape index (κ2) is 5.16. The molecule has 1 heterocycles. The molecule has 0 fully saturated rings. The minimum Gasteiger partial charge on any atom is -0.481 e. The van der Waals surface area contributed by atoms with Gasteiger partial charge in [-0.2, -0.15) is 0 Å². The van der Waals surface area contributed by atoms with Gasteiger partial charge < -0.3 is 10.2 Å². The maximum atomic E-state index is 10.9. The highest BCUT2D eigenvalue weighted by molar-refractivity contribution is 9.12. The molecule has 0 aromatic carbocycles. The van der Waals surface area contributed by atoms with Crippen molar-refractivity contribution in [2.45, 2.75) is 26.4 Å². The fourth-order valence-electron chi connectivity index (χ4n) is 1.26. The van der Waals surface area contributed by atoms with Gasteiger partial charge in [-0.1, -0.05) is 0 Å². The van der Waals surface area contributed by atoms with Gasteiger partial charge in [-0.05, 0) is 58.2 Å². The molecule has 0 aliphatic rings. The van der Waals surface area contributed by atoms with Gasteiger partial charge in [0.15, 0.2) is 0 Å². The fourth-order valence-corrected chi connectivity index (χ4v) is 4.22. The van der Waals surface area contributed by atoms with Crippen LogP contribution in [0.3, 0.4) is 0 Å². The van der Waals surface area contributed by atoms with Gasteiger partial charge in [0.25, 0.3) is 0 Å². The van der Waals surface area contributed by atoms with Crippen LogP contribution in [0.1, 0.15) is 31.9 Å². The number of hydrogen-bond acceptors (Lipinski definition) is 3. The number of carbonyl (C=O) groups is 1. The summed E-state index contributed by atoms with van der Waals surface area (Å²) in [7, 11) is 0. The quantitative estimate of drug-likeness (QED) is 0.846. The molecule has 0 radical (unpaired) electrons. The number of aliphatic carboxylic acids is 1. The number of carboxylic acid groups (broad SMARTS) is 1. The maximum Gasteiger partial charge on any atom is 0.309 e. The van der Waals surface area contributed by atoms with Gasteiger partial charge in [-0.3, -0.25) is 4.79 Å². The molecular formula is C10H12Br2O3S. The summed E-state index contributed by atoms with van der Waals surface area (Å²) in [6, 6.07) is 1.80. The van der Waals surface area contributed by atoms with Crippen LogP contribution < -0.4 is 0 Å². The topological polar surface area (TPSA) is 57.5 Å². The molecule has 1 unspecified atom stereocenters. The van der Waals surface area contributed by atoms with E-state index < -0.39 is 17.5 Å². The molecule has 1 aromatic rings. The predicted molar refractivity (Wildman–Crippen MR) is 70.7 cm³/mol. The van der Waals surface area contributed by atoms with Crippen molar-refractivity contribution in [3.8, 4) is 0 Å². The lowest BCUT2D eigenvalue weighted by Gasteiger charge is -2.22. The van der Waals surface area contributed by atoms with E-state index in [1.165, 1.54) is 11.3 Å². The van der Waals surface area contributed by atoms with Crippen LogP contribution in [0.5, 0.6) is 0 Å². The Kier molecular flexibility index (Phi) is 4.57. The zero-order valence-corrected chi connectivity index (χ0v) is 12.8. The maximum absolute atomic E-state index is 10.9. The van der Waals surface area contributed by atoms with Gasteiger partial charge in [0.05, 0.1) is 19.1 Å². The van der Waals surface area contributed by atoms with E-state index in [4.69, 9.17) is 5.11 Å². The Bertz CT molecular complexity index is 401. The Balaban J connectivity index is 2.84. The van der Waals surface area contributed by atoms with E-state index in [9.17, 15) is 9.90 Å². The minimum absolute atomic E-state index is 0.185. The summed E-state index contributed by atoms with van der Waals surface area (Å²) in [5.74, 6) is -0.906. The molecule has 0 spiro atoms. The van der Waals surface area contributed by atoms with Crippen molar-refractivity contribution in [2.24, 2.45) is 5.41 Å². The van der Waals surface area contributed by atoms with E-state index in [2.05, 4.69) is 31.9 Å². The highest BCUT2D eigenvalue weighted by Crippen LogP contribution is 2.39. The van der Waals surface area contributed by atoms with Crippen molar-refractivity contribution in [1.82, 2.24) is 0 Å². The van der Waals surface area contributed by atoms with Crippen LogP contribution in [-0.4, -0.2) is 16.2 Å². The monoisotopic (exact) mass is 370 g/mol. The van der Waals surface area contributed by atoms with Crippen molar-refractivity contribution < 1.29 is 15.0 Å². The lowest BCUT2D eigenvalue weighted by molar-refractivity contribution is -0.148. The van der Waals surface area contributed by atoms with E-state index in [1.807, 2.05) is 0 Å². The zero-order chi connectivity index (χ0) is 12.5. The molecule has 3 nitrogen and oxygen atoms in total. The molecular weight excluding hydrogens is 360 g/mol. The van der Waals surface area contributed by atoms with Crippen LogP contribution in [0.4, 0.5) is 0 Å². The standard InChI is InChI=1S/C10H12Br2O3S/c1-10(2,9(14)15)4-6(13)5-3-7(11)16-8(5)12/h3,6,13H,4H2,1-2H3,(H,14,15). The first-order valence-corrected chi connectivity index (χ1v) is 7.00. The van der Waals surface area contributed by atoms with Gasteiger partial charge in [0.1, 0.15) is 0 Å². The van der Waals surface area contributed by atoms with Gasteiger partial charge in [0, 0.05) is 5.56 Å². The Hall–Kier alpha value is 0.0900. The summed E-state index contributed by atoms with van der Waals surface area (Å²) in [5.41, 5.74) is -0.209. The molecule has 0 saturated carbocycles. The molecule has 1 rings (SSSR count). The highest BCUT2D eigenvalue weighted by Gasteiger charge is 2.31. The number of aliphatic hydroxyl groups is 1. The first-order chi connectivity index (χ1) is 7.24. The number of hydrogen-bond donors (Lipinski definition) is 2. The smallest absolute Gasteiger partial charge is 0.309 e. The van der Waals surface area contributed by atoms with Crippen molar-refractivity contribution in [1.29, 1.82) is 0 Å². The Morgan fingerprint density at radius 3 is 2.50 bits per heavy atom. The van der Waals surface area contributed by atoms with E-state index in [1.54, 1.807) is 19.9 Å². The molecule has 1 atom stereocenters. The molecule has 1 aromatic heterocycles. The second-order valence-corrected chi connectivity index (χ2v) is 7.94. The van der Waals surface area contributed by atoms with E-state index >= 15 is 0 Å². The number of rotatable bonds is 4. The molecule has 0 saturated heterocycles. The zero-order valence-electron chi connectivity index (χ0n) is 8.83. The van der Waals surface area contributed by atoms with Crippen LogP contribution in [0, 0.1) is 5.41 Å². The second-order valence-electron chi connectivity index (χ2n) is 4.19. The molecule has 2 N–H and O–H groups in total. The van der Waals surface area contributed by atoms with Gasteiger partial charge in [-0.15, -0.1) is 11.3 Å². The van der Waals surface area contributed by atoms with Crippen LogP contribution in [-0.2, 0) is 4.79 Å². The predicted octanol–water partition coefficient (Wildman–Crippen LogP) is 3.81. The van der Waals surface area contributed by atoms with Crippen LogP contribution in [0.25, 0.3) is 0 Å². The van der Waals surface area contributed by atoms with E-state index in [-0.39, 0.29) is 6.42 Å². The molecule has 90 valence electrons. The average Bonchev–Trinajstić information content (AvgIpc) is 2.44. The Morgan fingerprint density at radius 1 is 1.56 bits per heavy atom. The highest BCUT2D eigenvalue weighted by atomic mass is 79.9. The SMILES string of the molecule is CC(C)(CC(O)c1cc(Br)sc1Br)C(=O)O. The first kappa shape index (κ1) is 14.2. The number of halogens is 2. The fraction of sp³-hybridized carbons (Fsp3) is 0.500. The lowest BCUT2D eigenvalue weighted by Crippen LogP contribution is -2.26.